The Bertz CT molecular complexity index is 426. The summed E-state index contributed by atoms with van der Waals surface area (Å²) < 4.78 is 6.21. The Morgan fingerprint density at radius 3 is 3.00 bits per heavy atom. The molecular formula is C8H9N3O3. The van der Waals surface area contributed by atoms with Crippen LogP contribution in [0.1, 0.15) is 6.23 Å². The van der Waals surface area contributed by atoms with Gasteiger partial charge in [0.25, 0.3) is 0 Å². The lowest BCUT2D eigenvalue weighted by atomic mass is 10.3. The van der Waals surface area contributed by atoms with Gasteiger partial charge in [0.15, 0.2) is 0 Å². The molecule has 0 spiro atoms. The second kappa shape index (κ2) is 3.15. The Morgan fingerprint density at radius 2 is 2.43 bits per heavy atom. The van der Waals surface area contributed by atoms with E-state index in [4.69, 9.17) is 10.5 Å². The minimum atomic E-state index is -0.835. The van der Waals surface area contributed by atoms with Gasteiger partial charge in [0.1, 0.15) is 11.9 Å². The molecule has 2 atom stereocenters. The van der Waals surface area contributed by atoms with E-state index in [-0.39, 0.29) is 5.82 Å². The Balaban J connectivity index is 2.38. The number of aromatic nitrogens is 2. The van der Waals surface area contributed by atoms with Crippen molar-refractivity contribution < 1.29 is 9.84 Å². The molecule has 6 nitrogen and oxygen atoms in total. The Morgan fingerprint density at radius 1 is 1.64 bits per heavy atom. The zero-order chi connectivity index (χ0) is 10.1. The van der Waals surface area contributed by atoms with E-state index in [0.717, 1.165) is 0 Å². The highest BCUT2D eigenvalue weighted by molar-refractivity contribution is 5.23. The highest BCUT2D eigenvalue weighted by atomic mass is 16.5. The summed E-state index contributed by atoms with van der Waals surface area (Å²) in [6.45, 7) is 0. The molecule has 3 N–H and O–H groups in total. The molecule has 14 heavy (non-hydrogen) atoms. The average molecular weight is 195 g/mol. The smallest absolute Gasteiger partial charge is 0.352 e. The normalized spacial score (nSPS) is 24.9. The number of ether oxygens (including phenoxy) is 1. The molecule has 1 aromatic rings. The fraction of sp³-hybridized carbons (Fsp3) is 0.250. The lowest BCUT2D eigenvalue weighted by Crippen LogP contribution is -2.31. The summed E-state index contributed by atoms with van der Waals surface area (Å²) in [6.07, 6.45) is 2.66. The average Bonchev–Trinajstić information content (AvgIpc) is 2.52. The largest absolute Gasteiger partial charge is 0.475 e. The van der Waals surface area contributed by atoms with Crippen LogP contribution in [-0.4, -0.2) is 20.8 Å². The Kier molecular flexibility index (Phi) is 1.97. The van der Waals surface area contributed by atoms with Gasteiger partial charge in [-0.05, 0) is 12.1 Å². The van der Waals surface area contributed by atoms with Gasteiger partial charge in [-0.1, -0.05) is 0 Å². The molecule has 1 aromatic heterocycles. The van der Waals surface area contributed by atoms with Crippen molar-refractivity contribution in [3.05, 3.63) is 35.1 Å². The highest BCUT2D eigenvalue weighted by Gasteiger charge is 2.24. The molecule has 74 valence electrons. The van der Waals surface area contributed by atoms with Crippen LogP contribution in [0.2, 0.25) is 0 Å². The minimum absolute atomic E-state index is 0.145. The van der Waals surface area contributed by atoms with Crippen molar-refractivity contribution in [2.45, 2.75) is 12.3 Å². The fourth-order valence-corrected chi connectivity index (χ4v) is 1.23. The molecule has 2 rings (SSSR count). The summed E-state index contributed by atoms with van der Waals surface area (Å²) in [5.41, 5.74) is 4.77. The van der Waals surface area contributed by atoms with Crippen molar-refractivity contribution in [1.29, 1.82) is 0 Å². The van der Waals surface area contributed by atoms with Crippen molar-refractivity contribution in [3.63, 3.8) is 0 Å². The molecule has 0 aliphatic carbocycles. The fourth-order valence-electron chi connectivity index (χ4n) is 1.23. The summed E-state index contributed by atoms with van der Waals surface area (Å²) in [7, 11) is 0. The Hall–Kier alpha value is -1.82. The van der Waals surface area contributed by atoms with E-state index in [9.17, 15) is 9.90 Å². The van der Waals surface area contributed by atoms with E-state index >= 15 is 0 Å². The third kappa shape index (κ3) is 1.35. The minimum Gasteiger partial charge on any atom is -0.475 e. The van der Waals surface area contributed by atoms with Crippen LogP contribution in [0.5, 0.6) is 0 Å². The summed E-state index contributed by atoms with van der Waals surface area (Å²) in [6, 6.07) is 1.47. The van der Waals surface area contributed by atoms with Crippen molar-refractivity contribution in [2.24, 2.45) is 0 Å². The lowest BCUT2D eigenvalue weighted by Gasteiger charge is -2.16. The van der Waals surface area contributed by atoms with Crippen LogP contribution in [0.25, 0.3) is 0 Å². The van der Waals surface area contributed by atoms with Gasteiger partial charge in [-0.3, -0.25) is 4.57 Å². The first-order valence-corrected chi connectivity index (χ1v) is 4.03. The number of hydrogen-bond donors (Lipinski definition) is 2. The zero-order valence-electron chi connectivity index (χ0n) is 7.20. The first kappa shape index (κ1) is 8.76. The van der Waals surface area contributed by atoms with Crippen LogP contribution in [-0.2, 0) is 4.74 Å². The first-order valence-electron chi connectivity index (χ1n) is 4.03. The molecule has 2 heterocycles. The van der Waals surface area contributed by atoms with Crippen LogP contribution < -0.4 is 11.4 Å². The zero-order valence-corrected chi connectivity index (χ0v) is 7.20. The molecule has 0 saturated heterocycles. The van der Waals surface area contributed by atoms with E-state index in [2.05, 4.69) is 4.98 Å². The van der Waals surface area contributed by atoms with Crippen LogP contribution >= 0.6 is 0 Å². The third-order valence-corrected chi connectivity index (χ3v) is 1.91. The molecule has 0 amide bonds. The number of hydrogen-bond acceptors (Lipinski definition) is 5. The maximum Gasteiger partial charge on any atom is 0.352 e. The van der Waals surface area contributed by atoms with Gasteiger partial charge < -0.3 is 15.6 Å². The SMILES string of the molecule is Nc1ccn([C@@H]2OC=C[C@H]2O)c(=O)n1. The van der Waals surface area contributed by atoms with E-state index in [1.807, 2.05) is 0 Å². The third-order valence-electron chi connectivity index (χ3n) is 1.91. The molecule has 0 unspecified atom stereocenters. The number of nitrogen functional groups attached to an aromatic ring is 1. The van der Waals surface area contributed by atoms with Crippen molar-refractivity contribution in [2.75, 3.05) is 5.73 Å². The second-order valence-corrected chi connectivity index (χ2v) is 2.89. The van der Waals surface area contributed by atoms with Crippen molar-refractivity contribution in [3.8, 4) is 0 Å². The van der Waals surface area contributed by atoms with Crippen molar-refractivity contribution in [1.82, 2.24) is 9.55 Å². The first-order chi connectivity index (χ1) is 6.68. The van der Waals surface area contributed by atoms with E-state index in [1.54, 1.807) is 0 Å². The summed E-state index contributed by atoms with van der Waals surface area (Å²) in [4.78, 5) is 14.8. The number of rotatable bonds is 1. The number of aliphatic hydroxyl groups is 1. The lowest BCUT2D eigenvalue weighted by molar-refractivity contribution is 0.00847. The molecule has 0 bridgehead atoms. The predicted molar refractivity (Wildman–Crippen MR) is 48.2 cm³/mol. The summed E-state index contributed by atoms with van der Waals surface area (Å²) >= 11 is 0. The van der Waals surface area contributed by atoms with E-state index < -0.39 is 18.0 Å². The molecular weight excluding hydrogens is 186 g/mol. The molecule has 0 saturated carbocycles. The topological polar surface area (TPSA) is 90.4 Å². The van der Waals surface area contributed by atoms with Crippen LogP contribution in [0.15, 0.2) is 29.4 Å². The summed E-state index contributed by atoms with van der Waals surface area (Å²) in [5, 5.41) is 9.41. The molecule has 6 heteroatoms. The van der Waals surface area contributed by atoms with Gasteiger partial charge in [0.2, 0.25) is 6.23 Å². The molecule has 0 aromatic carbocycles. The van der Waals surface area contributed by atoms with Gasteiger partial charge in [-0.2, -0.15) is 4.98 Å². The van der Waals surface area contributed by atoms with E-state index in [0.29, 0.717) is 0 Å². The maximum absolute atomic E-state index is 11.3. The van der Waals surface area contributed by atoms with Gasteiger partial charge in [-0.25, -0.2) is 4.79 Å². The van der Waals surface area contributed by atoms with Crippen LogP contribution in [0.3, 0.4) is 0 Å². The molecule has 0 radical (unpaired) electrons. The van der Waals surface area contributed by atoms with Crippen LogP contribution in [0.4, 0.5) is 5.82 Å². The standard InChI is InChI=1S/C8H9N3O3/c9-6-1-3-11(8(13)10-6)7-5(12)2-4-14-7/h1-5,7,12H,(H2,9,10,13)/t5-,7-/m1/s1. The van der Waals surface area contributed by atoms with E-state index in [1.165, 1.54) is 29.2 Å². The number of aliphatic hydroxyl groups excluding tert-OH is 1. The number of nitrogens with zero attached hydrogens (tertiary/aromatic N) is 2. The maximum atomic E-state index is 11.3. The quantitative estimate of drug-likeness (QED) is 0.614. The van der Waals surface area contributed by atoms with Crippen molar-refractivity contribution >= 4 is 5.82 Å². The Labute approximate surface area is 79.3 Å². The van der Waals surface area contributed by atoms with Gasteiger partial charge in [0.05, 0.1) is 6.26 Å². The predicted octanol–water partition coefficient (Wildman–Crippen LogP) is -0.771. The van der Waals surface area contributed by atoms with Gasteiger partial charge >= 0.3 is 5.69 Å². The molecule has 1 aliphatic rings. The molecule has 0 fully saturated rings. The van der Waals surface area contributed by atoms with Gasteiger partial charge in [0, 0.05) is 6.20 Å². The molecule has 1 aliphatic heterocycles. The monoisotopic (exact) mass is 195 g/mol. The summed E-state index contributed by atoms with van der Waals surface area (Å²) in [5.74, 6) is 0.145. The van der Waals surface area contributed by atoms with Gasteiger partial charge in [-0.15, -0.1) is 0 Å². The van der Waals surface area contributed by atoms with Crippen LogP contribution in [0, 0.1) is 0 Å². The highest BCUT2D eigenvalue weighted by Crippen LogP contribution is 2.18. The second-order valence-electron chi connectivity index (χ2n) is 2.89. The number of nitrogens with two attached hydrogens (primary N) is 1. The number of anilines is 1.